The molecule has 6 heteroatoms. The molecule has 0 radical (unpaired) electrons. The molecule has 0 fully saturated rings. The zero-order chi connectivity index (χ0) is 24.2. The van der Waals surface area contributed by atoms with Gasteiger partial charge in [-0.25, -0.2) is 4.90 Å². The van der Waals surface area contributed by atoms with Crippen molar-refractivity contribution < 1.29 is 19.1 Å². The first kappa shape index (κ1) is 23.1. The van der Waals surface area contributed by atoms with Crippen LogP contribution in [0.15, 0.2) is 84.6 Å². The largest absolute Gasteiger partial charge is 0.497 e. The van der Waals surface area contributed by atoms with E-state index in [1.54, 1.807) is 31.4 Å². The Balaban J connectivity index is 1.85. The summed E-state index contributed by atoms with van der Waals surface area (Å²) < 4.78 is 11.1. The molecule has 34 heavy (non-hydrogen) atoms. The van der Waals surface area contributed by atoms with Crippen LogP contribution in [0, 0.1) is 0 Å². The van der Waals surface area contributed by atoms with Crippen LogP contribution in [0.1, 0.15) is 26.3 Å². The number of carbonyl (C=O) groups is 2. The minimum absolute atomic E-state index is 0.0348. The number of ether oxygens (including phenoxy) is 2. The molecule has 0 bridgehead atoms. The van der Waals surface area contributed by atoms with Gasteiger partial charge in [0.1, 0.15) is 17.2 Å². The molecule has 0 aliphatic carbocycles. The van der Waals surface area contributed by atoms with Crippen LogP contribution in [0.4, 0.5) is 11.4 Å². The summed E-state index contributed by atoms with van der Waals surface area (Å²) in [6, 6.07) is 23.9. The fourth-order valence-corrected chi connectivity index (χ4v) is 4.06. The van der Waals surface area contributed by atoms with Gasteiger partial charge in [-0.2, -0.15) is 0 Å². The van der Waals surface area contributed by atoms with Crippen molar-refractivity contribution in [3.05, 3.63) is 90.1 Å². The molecule has 0 atom stereocenters. The second kappa shape index (κ2) is 9.83. The number of hydrogen-bond donors (Lipinski definition) is 0. The van der Waals surface area contributed by atoms with Gasteiger partial charge < -0.3 is 14.4 Å². The number of amides is 2. The van der Waals surface area contributed by atoms with E-state index in [9.17, 15) is 9.59 Å². The third kappa shape index (κ3) is 4.39. The van der Waals surface area contributed by atoms with Crippen LogP contribution in [-0.4, -0.2) is 31.6 Å². The summed E-state index contributed by atoms with van der Waals surface area (Å²) in [5.41, 5.74) is 2.66. The van der Waals surface area contributed by atoms with Crippen LogP contribution >= 0.6 is 0 Å². The van der Waals surface area contributed by atoms with Crippen molar-refractivity contribution in [1.29, 1.82) is 0 Å². The standard InChI is InChI=1S/C28H28N2O4/c1-5-29(21-10-7-6-8-11-21)26-25(20-14-16-23(17-15-20)34-19(2)3)27(31)30(28(26)32)22-12-9-13-24(18-22)33-4/h6-19H,5H2,1-4H3. The molecule has 3 aromatic carbocycles. The van der Waals surface area contributed by atoms with E-state index in [4.69, 9.17) is 9.47 Å². The van der Waals surface area contributed by atoms with E-state index < -0.39 is 0 Å². The first-order valence-electron chi connectivity index (χ1n) is 11.3. The van der Waals surface area contributed by atoms with Gasteiger partial charge >= 0.3 is 0 Å². The molecule has 0 saturated heterocycles. The normalized spacial score (nSPS) is 13.6. The first-order valence-corrected chi connectivity index (χ1v) is 11.3. The maximum Gasteiger partial charge on any atom is 0.282 e. The molecule has 0 spiro atoms. The van der Waals surface area contributed by atoms with Crippen molar-refractivity contribution in [3.63, 3.8) is 0 Å². The molecular formula is C28H28N2O4. The molecule has 2 amide bonds. The van der Waals surface area contributed by atoms with E-state index >= 15 is 0 Å². The van der Waals surface area contributed by atoms with Crippen molar-refractivity contribution in [2.24, 2.45) is 0 Å². The average Bonchev–Trinajstić information content (AvgIpc) is 3.10. The smallest absolute Gasteiger partial charge is 0.282 e. The lowest BCUT2D eigenvalue weighted by Crippen LogP contribution is -2.35. The maximum atomic E-state index is 13.8. The number of benzene rings is 3. The van der Waals surface area contributed by atoms with Gasteiger partial charge in [0.15, 0.2) is 0 Å². The van der Waals surface area contributed by atoms with Crippen LogP contribution in [-0.2, 0) is 9.59 Å². The summed E-state index contributed by atoms with van der Waals surface area (Å²) in [5, 5.41) is 0. The number of methoxy groups -OCH3 is 1. The van der Waals surface area contributed by atoms with Crippen molar-refractivity contribution in [3.8, 4) is 11.5 Å². The van der Waals surface area contributed by atoms with Gasteiger partial charge in [-0.3, -0.25) is 9.59 Å². The number of carbonyl (C=O) groups excluding carboxylic acids is 2. The number of nitrogens with zero attached hydrogens (tertiary/aromatic N) is 2. The van der Waals surface area contributed by atoms with Crippen LogP contribution in [0.3, 0.4) is 0 Å². The highest BCUT2D eigenvalue weighted by Crippen LogP contribution is 2.37. The minimum atomic E-state index is -0.375. The second-order valence-electron chi connectivity index (χ2n) is 8.14. The monoisotopic (exact) mass is 456 g/mol. The van der Waals surface area contributed by atoms with E-state index in [1.165, 1.54) is 4.90 Å². The lowest BCUT2D eigenvalue weighted by atomic mass is 10.0. The van der Waals surface area contributed by atoms with Crippen LogP contribution < -0.4 is 19.3 Å². The fourth-order valence-electron chi connectivity index (χ4n) is 4.06. The van der Waals surface area contributed by atoms with Gasteiger partial charge in [0.05, 0.1) is 24.5 Å². The molecule has 0 aromatic heterocycles. The van der Waals surface area contributed by atoms with Crippen LogP contribution in [0.25, 0.3) is 5.57 Å². The molecule has 0 unspecified atom stereocenters. The molecule has 0 N–H and O–H groups in total. The SMILES string of the molecule is CCN(C1=C(c2ccc(OC(C)C)cc2)C(=O)N(c2cccc(OC)c2)C1=O)c1ccccc1. The topological polar surface area (TPSA) is 59.1 Å². The Morgan fingerprint density at radius 1 is 0.853 bits per heavy atom. The number of rotatable bonds is 8. The van der Waals surface area contributed by atoms with Gasteiger partial charge in [-0.15, -0.1) is 0 Å². The predicted molar refractivity (Wildman–Crippen MR) is 134 cm³/mol. The van der Waals surface area contributed by atoms with Gasteiger partial charge in [0.25, 0.3) is 11.8 Å². The van der Waals surface area contributed by atoms with E-state index in [0.717, 1.165) is 5.69 Å². The minimum Gasteiger partial charge on any atom is -0.497 e. The van der Waals surface area contributed by atoms with Crippen molar-refractivity contribution in [1.82, 2.24) is 0 Å². The second-order valence-corrected chi connectivity index (χ2v) is 8.14. The summed E-state index contributed by atoms with van der Waals surface area (Å²) in [4.78, 5) is 30.7. The molecule has 3 aromatic rings. The number of anilines is 2. The van der Waals surface area contributed by atoms with Crippen molar-refractivity contribution in [2.75, 3.05) is 23.5 Å². The Labute approximate surface area is 200 Å². The van der Waals surface area contributed by atoms with Gasteiger partial charge in [0.2, 0.25) is 0 Å². The van der Waals surface area contributed by atoms with Crippen LogP contribution in [0.2, 0.25) is 0 Å². The summed E-state index contributed by atoms with van der Waals surface area (Å²) >= 11 is 0. The Bertz CT molecular complexity index is 1220. The predicted octanol–water partition coefficient (Wildman–Crippen LogP) is 5.29. The molecule has 0 saturated carbocycles. The molecule has 4 rings (SSSR count). The zero-order valence-electron chi connectivity index (χ0n) is 19.8. The summed E-state index contributed by atoms with van der Waals surface area (Å²) in [7, 11) is 1.55. The van der Waals surface area contributed by atoms with Gasteiger partial charge in [-0.05, 0) is 62.7 Å². The third-order valence-corrected chi connectivity index (χ3v) is 5.54. The zero-order valence-corrected chi connectivity index (χ0v) is 19.8. The highest BCUT2D eigenvalue weighted by atomic mass is 16.5. The summed E-state index contributed by atoms with van der Waals surface area (Å²) in [5.74, 6) is 0.526. The van der Waals surface area contributed by atoms with E-state index in [2.05, 4.69) is 0 Å². The van der Waals surface area contributed by atoms with E-state index in [0.29, 0.717) is 40.6 Å². The number of likely N-dealkylation sites (N-methyl/N-ethyl adjacent to an activating group) is 1. The molecule has 1 aliphatic rings. The van der Waals surface area contributed by atoms with Gasteiger partial charge in [-0.1, -0.05) is 36.4 Å². The average molecular weight is 457 g/mol. The van der Waals surface area contributed by atoms with E-state index in [1.807, 2.05) is 80.3 Å². The highest BCUT2D eigenvalue weighted by Gasteiger charge is 2.42. The molecule has 1 aliphatic heterocycles. The van der Waals surface area contributed by atoms with Crippen molar-refractivity contribution >= 4 is 28.8 Å². The number of hydrogen-bond acceptors (Lipinski definition) is 5. The fraction of sp³-hybridized carbons (Fsp3) is 0.214. The maximum absolute atomic E-state index is 13.8. The molecule has 1 heterocycles. The number of para-hydroxylation sites is 1. The Kier molecular flexibility index (Phi) is 6.68. The number of imide groups is 1. The lowest BCUT2D eigenvalue weighted by Gasteiger charge is -2.25. The lowest BCUT2D eigenvalue weighted by molar-refractivity contribution is -0.120. The molecule has 6 nitrogen and oxygen atoms in total. The molecule has 174 valence electrons. The first-order chi connectivity index (χ1) is 16.4. The van der Waals surface area contributed by atoms with E-state index in [-0.39, 0.29) is 17.9 Å². The van der Waals surface area contributed by atoms with Crippen LogP contribution in [0.5, 0.6) is 11.5 Å². The van der Waals surface area contributed by atoms with Crippen molar-refractivity contribution in [2.45, 2.75) is 26.9 Å². The quantitative estimate of drug-likeness (QED) is 0.431. The van der Waals surface area contributed by atoms with Gasteiger partial charge in [0, 0.05) is 18.3 Å². The molecular weight excluding hydrogens is 428 g/mol. The summed E-state index contributed by atoms with van der Waals surface area (Å²) in [6.45, 7) is 6.39. The Hall–Kier alpha value is -4.06. The third-order valence-electron chi connectivity index (χ3n) is 5.54. The summed E-state index contributed by atoms with van der Waals surface area (Å²) in [6.07, 6.45) is 0.0348. The Morgan fingerprint density at radius 2 is 1.56 bits per heavy atom. The Morgan fingerprint density at radius 3 is 2.18 bits per heavy atom. The highest BCUT2D eigenvalue weighted by molar-refractivity contribution is 6.46.